The lowest BCUT2D eigenvalue weighted by molar-refractivity contribution is -0.114. The standard InChI is InChI=1S/C17H12FNO6S/c1-26(23,24)12-5-3-11(4-6-12)19-16(21)15(25-17(19)22)9-10-2-7-14(20)13(18)8-10/h2-9,20H,1H3. The van der Waals surface area contributed by atoms with E-state index >= 15 is 0 Å². The third-order valence-corrected chi connectivity index (χ3v) is 4.71. The minimum atomic E-state index is -3.42. The molecule has 1 saturated heterocycles. The fourth-order valence-electron chi connectivity index (χ4n) is 2.30. The number of benzene rings is 2. The molecule has 3 rings (SSSR count). The highest BCUT2D eigenvalue weighted by Crippen LogP contribution is 2.27. The van der Waals surface area contributed by atoms with Gasteiger partial charge in [0.25, 0.3) is 0 Å². The molecule has 1 aliphatic heterocycles. The lowest BCUT2D eigenvalue weighted by Gasteiger charge is -2.10. The Morgan fingerprint density at radius 2 is 1.77 bits per heavy atom. The van der Waals surface area contributed by atoms with Crippen molar-refractivity contribution in [2.75, 3.05) is 11.2 Å². The first-order valence-electron chi connectivity index (χ1n) is 7.23. The number of carbonyl (C=O) groups excluding carboxylic acids is 2. The van der Waals surface area contributed by atoms with E-state index in [-0.39, 0.29) is 21.9 Å². The first-order valence-corrected chi connectivity index (χ1v) is 9.12. The van der Waals surface area contributed by atoms with Gasteiger partial charge < -0.3 is 9.84 Å². The monoisotopic (exact) mass is 377 g/mol. The second kappa shape index (κ2) is 6.26. The number of hydrogen-bond donors (Lipinski definition) is 1. The highest BCUT2D eigenvalue weighted by molar-refractivity contribution is 7.90. The number of cyclic esters (lactones) is 1. The Balaban J connectivity index is 1.91. The quantitative estimate of drug-likeness (QED) is 0.825. The number of halogens is 1. The maximum Gasteiger partial charge on any atom is 0.427 e. The lowest BCUT2D eigenvalue weighted by atomic mass is 10.2. The van der Waals surface area contributed by atoms with Crippen LogP contribution in [0.15, 0.2) is 53.1 Å². The van der Waals surface area contributed by atoms with E-state index in [0.29, 0.717) is 0 Å². The number of aromatic hydroxyl groups is 1. The summed E-state index contributed by atoms with van der Waals surface area (Å²) in [5.41, 5.74) is 0.346. The fourth-order valence-corrected chi connectivity index (χ4v) is 2.93. The van der Waals surface area contributed by atoms with Gasteiger partial charge in [-0.2, -0.15) is 0 Å². The zero-order valence-electron chi connectivity index (χ0n) is 13.3. The summed E-state index contributed by atoms with van der Waals surface area (Å²) in [6, 6.07) is 8.57. The third-order valence-electron chi connectivity index (χ3n) is 3.59. The Bertz CT molecular complexity index is 1040. The van der Waals surface area contributed by atoms with Crippen molar-refractivity contribution in [2.24, 2.45) is 0 Å². The molecule has 134 valence electrons. The number of ether oxygens (including phenoxy) is 1. The van der Waals surface area contributed by atoms with Crippen LogP contribution in [0.2, 0.25) is 0 Å². The van der Waals surface area contributed by atoms with E-state index in [1.165, 1.54) is 30.3 Å². The van der Waals surface area contributed by atoms with E-state index in [0.717, 1.165) is 29.4 Å². The molecule has 2 aromatic rings. The maximum absolute atomic E-state index is 13.4. The van der Waals surface area contributed by atoms with Crippen molar-refractivity contribution in [1.29, 1.82) is 0 Å². The smallest absolute Gasteiger partial charge is 0.427 e. The van der Waals surface area contributed by atoms with E-state index in [1.807, 2.05) is 0 Å². The Morgan fingerprint density at radius 1 is 1.12 bits per heavy atom. The number of phenols is 1. The van der Waals surface area contributed by atoms with Crippen LogP contribution >= 0.6 is 0 Å². The van der Waals surface area contributed by atoms with Crippen LogP contribution in [-0.2, 0) is 19.4 Å². The van der Waals surface area contributed by atoms with Gasteiger partial charge in [0, 0.05) is 6.26 Å². The van der Waals surface area contributed by atoms with Crippen molar-refractivity contribution in [1.82, 2.24) is 0 Å². The topological polar surface area (TPSA) is 101 Å². The molecule has 1 N–H and O–H groups in total. The van der Waals surface area contributed by atoms with Crippen LogP contribution in [0, 0.1) is 5.82 Å². The Labute approximate surface area is 147 Å². The highest BCUT2D eigenvalue weighted by atomic mass is 32.2. The molecule has 0 aromatic heterocycles. The Hall–Kier alpha value is -3.20. The van der Waals surface area contributed by atoms with Crippen LogP contribution in [0.4, 0.5) is 14.9 Å². The molecule has 1 heterocycles. The predicted molar refractivity (Wildman–Crippen MR) is 89.6 cm³/mol. The summed E-state index contributed by atoms with van der Waals surface area (Å²) >= 11 is 0. The normalized spacial score (nSPS) is 16.2. The van der Waals surface area contributed by atoms with E-state index in [4.69, 9.17) is 9.84 Å². The number of hydrogen-bond acceptors (Lipinski definition) is 6. The zero-order valence-corrected chi connectivity index (χ0v) is 14.2. The average Bonchev–Trinajstić information content (AvgIpc) is 2.84. The molecule has 0 bridgehead atoms. The van der Waals surface area contributed by atoms with Crippen molar-refractivity contribution in [3.05, 3.63) is 59.6 Å². The van der Waals surface area contributed by atoms with Crippen molar-refractivity contribution < 1.29 is 32.2 Å². The second-order valence-electron chi connectivity index (χ2n) is 5.49. The summed E-state index contributed by atoms with van der Waals surface area (Å²) in [7, 11) is -3.42. The van der Waals surface area contributed by atoms with Crippen LogP contribution in [0.25, 0.3) is 6.08 Å². The number of amides is 2. The molecule has 0 spiro atoms. The summed E-state index contributed by atoms with van der Waals surface area (Å²) in [6.45, 7) is 0. The second-order valence-corrected chi connectivity index (χ2v) is 7.51. The van der Waals surface area contributed by atoms with Crippen molar-refractivity contribution in [3.8, 4) is 5.75 Å². The summed E-state index contributed by atoms with van der Waals surface area (Å²) < 4.78 is 41.2. The Morgan fingerprint density at radius 3 is 2.35 bits per heavy atom. The van der Waals surface area contributed by atoms with Crippen molar-refractivity contribution in [3.63, 3.8) is 0 Å². The molecule has 1 fully saturated rings. The van der Waals surface area contributed by atoms with E-state index in [9.17, 15) is 22.4 Å². The summed E-state index contributed by atoms with van der Waals surface area (Å²) in [4.78, 5) is 25.2. The van der Waals surface area contributed by atoms with Gasteiger partial charge in [-0.05, 0) is 48.0 Å². The van der Waals surface area contributed by atoms with Gasteiger partial charge in [-0.1, -0.05) is 6.07 Å². The van der Waals surface area contributed by atoms with Gasteiger partial charge in [0.2, 0.25) is 0 Å². The van der Waals surface area contributed by atoms with Gasteiger partial charge in [0.1, 0.15) is 0 Å². The molecular weight excluding hydrogens is 365 g/mol. The fraction of sp³-hybridized carbons (Fsp3) is 0.0588. The first kappa shape index (κ1) is 17.6. The average molecular weight is 377 g/mol. The number of nitrogens with zero attached hydrogens (tertiary/aromatic N) is 1. The van der Waals surface area contributed by atoms with Crippen LogP contribution < -0.4 is 4.90 Å². The molecule has 9 heteroatoms. The zero-order chi connectivity index (χ0) is 19.1. The van der Waals surface area contributed by atoms with Gasteiger partial charge in [-0.3, -0.25) is 4.79 Å². The SMILES string of the molecule is CS(=O)(=O)c1ccc(N2C(=O)OC(=Cc3ccc(O)c(F)c3)C2=O)cc1. The molecule has 0 radical (unpaired) electrons. The minimum absolute atomic E-state index is 0.0385. The number of phenolic OH excluding ortho intramolecular Hbond substituents is 1. The van der Waals surface area contributed by atoms with Gasteiger partial charge >= 0.3 is 12.0 Å². The molecule has 0 aliphatic carbocycles. The molecule has 2 amide bonds. The van der Waals surface area contributed by atoms with Gasteiger partial charge in [-0.15, -0.1) is 0 Å². The molecular formula is C17H12FNO6S. The molecule has 26 heavy (non-hydrogen) atoms. The van der Waals surface area contributed by atoms with Crippen LogP contribution in [0.1, 0.15) is 5.56 Å². The summed E-state index contributed by atoms with van der Waals surface area (Å²) in [6.07, 6.45) is 1.23. The predicted octanol–water partition coefficient (Wildman–Crippen LogP) is 2.46. The maximum atomic E-state index is 13.4. The molecule has 2 aromatic carbocycles. The third kappa shape index (κ3) is 3.29. The molecule has 0 saturated carbocycles. The van der Waals surface area contributed by atoms with Crippen LogP contribution in [-0.4, -0.2) is 31.8 Å². The van der Waals surface area contributed by atoms with Crippen molar-refractivity contribution >= 4 is 33.6 Å². The van der Waals surface area contributed by atoms with E-state index in [1.54, 1.807) is 0 Å². The number of imide groups is 1. The number of anilines is 1. The first-order chi connectivity index (χ1) is 12.2. The number of sulfone groups is 1. The van der Waals surface area contributed by atoms with Crippen LogP contribution in [0.3, 0.4) is 0 Å². The van der Waals surface area contributed by atoms with Crippen molar-refractivity contribution in [2.45, 2.75) is 4.90 Å². The van der Waals surface area contributed by atoms with E-state index in [2.05, 4.69) is 0 Å². The number of carbonyl (C=O) groups is 2. The molecule has 0 atom stereocenters. The Kier molecular flexibility index (Phi) is 4.25. The van der Waals surface area contributed by atoms with Gasteiger partial charge in [-0.25, -0.2) is 22.5 Å². The number of rotatable bonds is 3. The van der Waals surface area contributed by atoms with Crippen LogP contribution in [0.5, 0.6) is 5.75 Å². The lowest BCUT2D eigenvalue weighted by Crippen LogP contribution is -2.28. The van der Waals surface area contributed by atoms with Gasteiger partial charge in [0.05, 0.1) is 10.6 Å². The largest absolute Gasteiger partial charge is 0.505 e. The molecule has 0 unspecified atom stereocenters. The summed E-state index contributed by atoms with van der Waals surface area (Å²) in [5.74, 6) is -2.54. The molecule has 7 nitrogen and oxygen atoms in total. The summed E-state index contributed by atoms with van der Waals surface area (Å²) in [5, 5.41) is 9.17. The van der Waals surface area contributed by atoms with E-state index < -0.39 is 33.4 Å². The molecule has 1 aliphatic rings. The highest BCUT2D eigenvalue weighted by Gasteiger charge is 2.37. The minimum Gasteiger partial charge on any atom is -0.505 e. The van der Waals surface area contributed by atoms with Gasteiger partial charge in [0.15, 0.2) is 27.2 Å².